The number of carbonyl (C=O) groups is 1. The maximum Gasteiger partial charge on any atom is 0.227 e. The minimum absolute atomic E-state index is 0.118. The molecule has 0 radical (unpaired) electrons. The van der Waals surface area contributed by atoms with Crippen LogP contribution in [-0.2, 0) is 11.2 Å². The number of nitrogens with one attached hydrogen (secondary N) is 1. The molecule has 0 saturated carbocycles. The molecule has 156 valence electrons. The van der Waals surface area contributed by atoms with Gasteiger partial charge >= 0.3 is 0 Å². The van der Waals surface area contributed by atoms with Crippen LogP contribution in [0.3, 0.4) is 0 Å². The van der Waals surface area contributed by atoms with E-state index < -0.39 is 6.10 Å². The Morgan fingerprint density at radius 2 is 1.97 bits per heavy atom. The predicted molar refractivity (Wildman–Crippen MR) is 113 cm³/mol. The SMILES string of the molecule is O=C1CC(O)c2ccc(CCN3CCN(c4cc(F)cc5occc45)CC3)cc2N1. The molecule has 0 bridgehead atoms. The van der Waals surface area contributed by atoms with Crippen LogP contribution in [0.1, 0.15) is 23.7 Å². The van der Waals surface area contributed by atoms with Gasteiger partial charge in [0.2, 0.25) is 5.91 Å². The normalized spacial score (nSPS) is 19.7. The van der Waals surface area contributed by atoms with Crippen molar-refractivity contribution in [2.24, 2.45) is 0 Å². The van der Waals surface area contributed by atoms with Gasteiger partial charge in [-0.2, -0.15) is 0 Å². The molecule has 2 aliphatic rings. The lowest BCUT2D eigenvalue weighted by molar-refractivity contribution is -0.118. The first-order chi connectivity index (χ1) is 14.6. The van der Waals surface area contributed by atoms with E-state index in [0.717, 1.165) is 67.0 Å². The van der Waals surface area contributed by atoms with Gasteiger partial charge in [0.1, 0.15) is 11.4 Å². The van der Waals surface area contributed by atoms with Gasteiger partial charge in [-0.3, -0.25) is 9.69 Å². The Hall–Kier alpha value is -2.90. The number of hydrogen-bond acceptors (Lipinski definition) is 5. The molecule has 3 heterocycles. The summed E-state index contributed by atoms with van der Waals surface area (Å²) < 4.78 is 19.3. The standard InChI is InChI=1S/C23H24FN3O3/c24-16-12-20(18-4-10-30-22(18)13-16)27-8-6-26(7-9-27)5-3-15-1-2-17-19(11-15)25-23(29)14-21(17)28/h1-2,4,10-13,21,28H,3,5-9,14H2,(H,25,29). The molecule has 0 spiro atoms. The summed E-state index contributed by atoms with van der Waals surface area (Å²) in [5, 5.41) is 13.8. The molecule has 1 unspecified atom stereocenters. The van der Waals surface area contributed by atoms with Crippen LogP contribution in [0.2, 0.25) is 0 Å². The highest BCUT2D eigenvalue weighted by Crippen LogP contribution is 2.32. The number of carbonyl (C=O) groups excluding carboxylic acids is 1. The fraction of sp³-hybridized carbons (Fsp3) is 0.348. The monoisotopic (exact) mass is 409 g/mol. The van der Waals surface area contributed by atoms with Crippen molar-refractivity contribution >= 4 is 28.3 Å². The zero-order chi connectivity index (χ0) is 20.7. The van der Waals surface area contributed by atoms with E-state index in [4.69, 9.17) is 4.42 Å². The van der Waals surface area contributed by atoms with E-state index in [0.29, 0.717) is 5.58 Å². The number of fused-ring (bicyclic) bond motifs is 2. The molecule has 2 aliphatic heterocycles. The molecule has 1 saturated heterocycles. The number of nitrogens with zero attached hydrogens (tertiary/aromatic N) is 2. The highest BCUT2D eigenvalue weighted by molar-refractivity contribution is 5.94. The molecule has 0 aliphatic carbocycles. The molecular formula is C23H24FN3O3. The number of anilines is 2. The topological polar surface area (TPSA) is 69.0 Å². The summed E-state index contributed by atoms with van der Waals surface area (Å²) in [6, 6.07) is 10.8. The molecule has 1 fully saturated rings. The van der Waals surface area contributed by atoms with E-state index in [1.807, 2.05) is 24.3 Å². The average molecular weight is 409 g/mol. The second-order valence-corrected chi connectivity index (χ2v) is 8.03. The van der Waals surface area contributed by atoms with Crippen LogP contribution in [0.15, 0.2) is 47.1 Å². The molecular weight excluding hydrogens is 385 g/mol. The highest BCUT2D eigenvalue weighted by atomic mass is 19.1. The van der Waals surface area contributed by atoms with Crippen LogP contribution >= 0.6 is 0 Å². The Morgan fingerprint density at radius 1 is 1.13 bits per heavy atom. The number of aliphatic hydroxyl groups is 1. The zero-order valence-corrected chi connectivity index (χ0v) is 16.6. The minimum Gasteiger partial charge on any atom is -0.464 e. The third kappa shape index (κ3) is 3.66. The first-order valence-electron chi connectivity index (χ1n) is 10.3. The zero-order valence-electron chi connectivity index (χ0n) is 16.6. The largest absolute Gasteiger partial charge is 0.464 e. The molecule has 5 rings (SSSR count). The lowest BCUT2D eigenvalue weighted by Gasteiger charge is -2.36. The molecule has 2 N–H and O–H groups in total. The van der Waals surface area contributed by atoms with E-state index in [1.54, 1.807) is 12.3 Å². The van der Waals surface area contributed by atoms with Gasteiger partial charge in [0, 0.05) is 55.4 Å². The van der Waals surface area contributed by atoms with Crippen molar-refractivity contribution in [3.8, 4) is 0 Å². The quantitative estimate of drug-likeness (QED) is 0.692. The first kappa shape index (κ1) is 19.1. The minimum atomic E-state index is -0.722. The van der Waals surface area contributed by atoms with E-state index in [1.165, 1.54) is 6.07 Å². The maximum absolute atomic E-state index is 13.9. The Balaban J connectivity index is 1.20. The van der Waals surface area contributed by atoms with Crippen LogP contribution in [-0.4, -0.2) is 48.6 Å². The summed E-state index contributed by atoms with van der Waals surface area (Å²) in [6.45, 7) is 4.37. The van der Waals surface area contributed by atoms with Crippen molar-refractivity contribution < 1.29 is 18.7 Å². The second kappa shape index (κ2) is 7.74. The maximum atomic E-state index is 13.9. The Bertz CT molecular complexity index is 1090. The summed E-state index contributed by atoms with van der Waals surface area (Å²) in [5.41, 5.74) is 4.11. The molecule has 3 aromatic rings. The number of amides is 1. The Kier molecular flexibility index (Phi) is 4.92. The summed E-state index contributed by atoms with van der Waals surface area (Å²) in [6.07, 6.45) is 1.86. The van der Waals surface area contributed by atoms with Crippen LogP contribution in [0.5, 0.6) is 0 Å². The van der Waals surface area contributed by atoms with Crippen molar-refractivity contribution in [1.82, 2.24) is 4.90 Å². The number of aliphatic hydroxyl groups excluding tert-OH is 1. The van der Waals surface area contributed by atoms with E-state index in [9.17, 15) is 14.3 Å². The van der Waals surface area contributed by atoms with Gasteiger partial charge < -0.3 is 19.7 Å². The van der Waals surface area contributed by atoms with Crippen molar-refractivity contribution in [1.29, 1.82) is 0 Å². The predicted octanol–water partition coefficient (Wildman–Crippen LogP) is 3.31. The van der Waals surface area contributed by atoms with E-state index in [2.05, 4.69) is 15.1 Å². The van der Waals surface area contributed by atoms with Gasteiger partial charge in [0.15, 0.2) is 0 Å². The molecule has 6 nitrogen and oxygen atoms in total. The average Bonchev–Trinajstić information content (AvgIpc) is 3.20. The number of piperazine rings is 1. The smallest absolute Gasteiger partial charge is 0.227 e. The fourth-order valence-electron chi connectivity index (χ4n) is 4.43. The van der Waals surface area contributed by atoms with Crippen molar-refractivity contribution in [2.75, 3.05) is 42.9 Å². The van der Waals surface area contributed by atoms with Gasteiger partial charge in [0.05, 0.1) is 24.5 Å². The van der Waals surface area contributed by atoms with Crippen molar-refractivity contribution in [2.45, 2.75) is 18.9 Å². The molecule has 1 atom stereocenters. The second-order valence-electron chi connectivity index (χ2n) is 8.03. The van der Waals surface area contributed by atoms with Crippen LogP contribution in [0.4, 0.5) is 15.8 Å². The molecule has 1 amide bonds. The molecule has 30 heavy (non-hydrogen) atoms. The van der Waals surface area contributed by atoms with Gasteiger partial charge in [-0.1, -0.05) is 12.1 Å². The summed E-state index contributed by atoms with van der Waals surface area (Å²) in [5.74, 6) is -0.424. The highest BCUT2D eigenvalue weighted by Gasteiger charge is 2.24. The van der Waals surface area contributed by atoms with E-state index >= 15 is 0 Å². The van der Waals surface area contributed by atoms with E-state index in [-0.39, 0.29) is 18.1 Å². The van der Waals surface area contributed by atoms with Crippen LogP contribution < -0.4 is 10.2 Å². The van der Waals surface area contributed by atoms with Gasteiger partial charge in [0.25, 0.3) is 0 Å². The number of halogens is 1. The number of hydrogen-bond donors (Lipinski definition) is 2. The number of rotatable bonds is 4. The summed E-state index contributed by atoms with van der Waals surface area (Å²) in [4.78, 5) is 16.3. The Morgan fingerprint density at radius 3 is 2.80 bits per heavy atom. The van der Waals surface area contributed by atoms with Gasteiger partial charge in [-0.05, 0) is 30.2 Å². The lowest BCUT2D eigenvalue weighted by atomic mass is 9.97. The molecule has 7 heteroatoms. The fourth-order valence-corrected chi connectivity index (χ4v) is 4.43. The summed E-state index contributed by atoms with van der Waals surface area (Å²) in [7, 11) is 0. The van der Waals surface area contributed by atoms with Gasteiger partial charge in [-0.25, -0.2) is 4.39 Å². The van der Waals surface area contributed by atoms with Crippen molar-refractivity contribution in [3.05, 3.63) is 59.6 Å². The lowest BCUT2D eigenvalue weighted by Crippen LogP contribution is -2.47. The molecule has 2 aromatic carbocycles. The van der Waals surface area contributed by atoms with Crippen LogP contribution in [0, 0.1) is 5.82 Å². The number of furan rings is 1. The third-order valence-corrected chi connectivity index (χ3v) is 6.07. The number of benzene rings is 2. The van der Waals surface area contributed by atoms with Crippen LogP contribution in [0.25, 0.3) is 11.0 Å². The third-order valence-electron chi connectivity index (χ3n) is 6.07. The summed E-state index contributed by atoms with van der Waals surface area (Å²) >= 11 is 0. The van der Waals surface area contributed by atoms with Crippen molar-refractivity contribution in [3.63, 3.8) is 0 Å². The molecule has 1 aromatic heterocycles. The first-order valence-corrected chi connectivity index (χ1v) is 10.3. The van der Waals surface area contributed by atoms with Gasteiger partial charge in [-0.15, -0.1) is 0 Å². The Labute approximate surface area is 173 Å².